The summed E-state index contributed by atoms with van der Waals surface area (Å²) < 4.78 is 1.08. The van der Waals surface area contributed by atoms with Crippen LogP contribution >= 0.6 is 15.9 Å². The SMILES string of the molecule is CN(CC(=O)NCC#N)CC1(c2ccc(Br)cc2)CC1. The Morgan fingerprint density at radius 2 is 2.10 bits per heavy atom. The maximum atomic E-state index is 11.6. The van der Waals surface area contributed by atoms with E-state index in [1.54, 1.807) is 0 Å². The minimum atomic E-state index is -0.0966. The summed E-state index contributed by atoms with van der Waals surface area (Å²) in [6.07, 6.45) is 2.33. The summed E-state index contributed by atoms with van der Waals surface area (Å²) in [7, 11) is 1.95. The molecule has 0 aromatic heterocycles. The first kappa shape index (κ1) is 15.0. The number of carbonyl (C=O) groups excluding carboxylic acids is 1. The van der Waals surface area contributed by atoms with Crippen molar-refractivity contribution in [2.75, 3.05) is 26.7 Å². The van der Waals surface area contributed by atoms with Crippen LogP contribution in [0.25, 0.3) is 0 Å². The van der Waals surface area contributed by atoms with E-state index in [-0.39, 0.29) is 17.9 Å². The van der Waals surface area contributed by atoms with Crippen molar-refractivity contribution in [1.29, 1.82) is 5.26 Å². The predicted molar refractivity (Wildman–Crippen MR) is 81.2 cm³/mol. The summed E-state index contributed by atoms with van der Waals surface area (Å²) >= 11 is 3.45. The molecule has 2 rings (SSSR count). The predicted octanol–water partition coefficient (Wildman–Crippen LogP) is 2.05. The van der Waals surface area contributed by atoms with E-state index in [0.717, 1.165) is 11.0 Å². The van der Waals surface area contributed by atoms with Crippen LogP contribution in [0.15, 0.2) is 28.7 Å². The maximum Gasteiger partial charge on any atom is 0.234 e. The number of benzene rings is 1. The molecular weight excluding hydrogens is 318 g/mol. The third-order valence-electron chi connectivity index (χ3n) is 3.66. The average molecular weight is 336 g/mol. The number of nitrogens with zero attached hydrogens (tertiary/aromatic N) is 2. The van der Waals surface area contributed by atoms with E-state index >= 15 is 0 Å². The van der Waals surface area contributed by atoms with Gasteiger partial charge in [-0.3, -0.25) is 9.69 Å². The number of likely N-dealkylation sites (N-methyl/N-ethyl adjacent to an activating group) is 1. The monoisotopic (exact) mass is 335 g/mol. The Hall–Kier alpha value is -1.38. The smallest absolute Gasteiger partial charge is 0.234 e. The molecule has 0 heterocycles. The zero-order chi connectivity index (χ0) is 14.6. The van der Waals surface area contributed by atoms with Gasteiger partial charge in [-0.1, -0.05) is 28.1 Å². The van der Waals surface area contributed by atoms with Crippen molar-refractivity contribution in [3.05, 3.63) is 34.3 Å². The molecule has 0 atom stereocenters. The molecule has 4 nitrogen and oxygen atoms in total. The lowest BCUT2D eigenvalue weighted by Gasteiger charge is -2.23. The molecule has 5 heteroatoms. The van der Waals surface area contributed by atoms with Crippen LogP contribution in [0.3, 0.4) is 0 Å². The zero-order valence-electron chi connectivity index (χ0n) is 11.5. The van der Waals surface area contributed by atoms with Gasteiger partial charge in [0, 0.05) is 16.4 Å². The number of rotatable bonds is 6. The van der Waals surface area contributed by atoms with Crippen molar-refractivity contribution in [3.63, 3.8) is 0 Å². The second-order valence-electron chi connectivity index (χ2n) is 5.39. The Morgan fingerprint density at radius 3 is 2.65 bits per heavy atom. The van der Waals surface area contributed by atoms with Crippen LogP contribution in [0, 0.1) is 11.3 Å². The number of nitriles is 1. The van der Waals surface area contributed by atoms with Gasteiger partial charge in [0.15, 0.2) is 0 Å². The van der Waals surface area contributed by atoms with Gasteiger partial charge in [0.05, 0.1) is 12.6 Å². The zero-order valence-corrected chi connectivity index (χ0v) is 13.1. The summed E-state index contributed by atoms with van der Waals surface area (Å²) in [5.74, 6) is -0.0966. The second kappa shape index (κ2) is 6.38. The van der Waals surface area contributed by atoms with Crippen molar-refractivity contribution in [1.82, 2.24) is 10.2 Å². The Balaban J connectivity index is 1.90. The van der Waals surface area contributed by atoms with Crippen molar-refractivity contribution >= 4 is 21.8 Å². The van der Waals surface area contributed by atoms with Crippen molar-refractivity contribution < 1.29 is 4.79 Å². The normalized spacial score (nSPS) is 15.7. The molecule has 0 radical (unpaired) electrons. The molecule has 1 aliphatic rings. The van der Waals surface area contributed by atoms with Crippen LogP contribution in [0.5, 0.6) is 0 Å². The standard InChI is InChI=1S/C15H18BrN3O/c1-19(10-14(20)18-9-8-17)11-15(6-7-15)12-2-4-13(16)5-3-12/h2-5H,6-7,9-11H2,1H3,(H,18,20). The quantitative estimate of drug-likeness (QED) is 0.809. The van der Waals surface area contributed by atoms with Gasteiger partial charge in [0.25, 0.3) is 0 Å². The molecule has 1 fully saturated rings. The molecule has 1 amide bonds. The van der Waals surface area contributed by atoms with Crippen LogP contribution in [-0.2, 0) is 10.2 Å². The van der Waals surface area contributed by atoms with Crippen molar-refractivity contribution in [2.45, 2.75) is 18.3 Å². The first-order valence-electron chi connectivity index (χ1n) is 6.64. The molecule has 0 spiro atoms. The van der Waals surface area contributed by atoms with Gasteiger partial charge in [0.2, 0.25) is 5.91 Å². The van der Waals surface area contributed by atoms with Gasteiger partial charge in [0.1, 0.15) is 6.54 Å². The number of hydrogen-bond donors (Lipinski definition) is 1. The summed E-state index contributed by atoms with van der Waals surface area (Å²) in [6, 6.07) is 10.3. The first-order valence-corrected chi connectivity index (χ1v) is 7.43. The minimum absolute atomic E-state index is 0.0739. The average Bonchev–Trinajstić information content (AvgIpc) is 3.17. The Bertz CT molecular complexity index is 517. The topological polar surface area (TPSA) is 56.1 Å². The summed E-state index contributed by atoms with van der Waals surface area (Å²) in [5, 5.41) is 11.0. The number of nitrogens with one attached hydrogen (secondary N) is 1. The highest BCUT2D eigenvalue weighted by Gasteiger charge is 2.44. The van der Waals surface area contributed by atoms with E-state index in [2.05, 4.69) is 45.5 Å². The van der Waals surface area contributed by atoms with Gasteiger partial charge in [-0.2, -0.15) is 5.26 Å². The molecule has 1 N–H and O–H groups in total. The number of halogens is 1. The van der Waals surface area contributed by atoms with Gasteiger partial charge in [-0.25, -0.2) is 0 Å². The van der Waals surface area contributed by atoms with E-state index in [0.29, 0.717) is 6.54 Å². The lowest BCUT2D eigenvalue weighted by atomic mass is 9.95. The van der Waals surface area contributed by atoms with Gasteiger partial charge < -0.3 is 5.32 Å². The summed E-state index contributed by atoms with van der Waals surface area (Å²) in [4.78, 5) is 13.6. The number of carbonyl (C=O) groups is 1. The fourth-order valence-electron chi connectivity index (χ4n) is 2.50. The molecule has 1 aromatic rings. The number of hydrogen-bond acceptors (Lipinski definition) is 3. The Morgan fingerprint density at radius 1 is 1.45 bits per heavy atom. The lowest BCUT2D eigenvalue weighted by Crippen LogP contribution is -2.38. The molecule has 0 bridgehead atoms. The largest absolute Gasteiger partial charge is 0.342 e. The van der Waals surface area contributed by atoms with Gasteiger partial charge in [-0.05, 0) is 37.6 Å². The Kier molecular flexibility index (Phi) is 4.79. The molecule has 0 aliphatic heterocycles. The highest BCUT2D eigenvalue weighted by atomic mass is 79.9. The minimum Gasteiger partial charge on any atom is -0.342 e. The van der Waals surface area contributed by atoms with E-state index in [1.165, 1.54) is 18.4 Å². The number of amides is 1. The van der Waals surface area contributed by atoms with Gasteiger partial charge >= 0.3 is 0 Å². The maximum absolute atomic E-state index is 11.6. The highest BCUT2D eigenvalue weighted by Crippen LogP contribution is 2.48. The van der Waals surface area contributed by atoms with Crippen LogP contribution in [-0.4, -0.2) is 37.5 Å². The third-order valence-corrected chi connectivity index (χ3v) is 4.19. The third kappa shape index (κ3) is 3.81. The van der Waals surface area contributed by atoms with E-state index < -0.39 is 0 Å². The fourth-order valence-corrected chi connectivity index (χ4v) is 2.77. The van der Waals surface area contributed by atoms with Crippen LogP contribution in [0.1, 0.15) is 18.4 Å². The highest BCUT2D eigenvalue weighted by molar-refractivity contribution is 9.10. The van der Waals surface area contributed by atoms with Crippen LogP contribution in [0.2, 0.25) is 0 Å². The Labute approximate surface area is 127 Å². The lowest BCUT2D eigenvalue weighted by molar-refractivity contribution is -0.121. The second-order valence-corrected chi connectivity index (χ2v) is 6.31. The first-order chi connectivity index (χ1) is 9.55. The van der Waals surface area contributed by atoms with E-state index in [4.69, 9.17) is 5.26 Å². The molecule has 20 heavy (non-hydrogen) atoms. The summed E-state index contributed by atoms with van der Waals surface area (Å²) in [5.41, 5.74) is 1.54. The molecule has 0 unspecified atom stereocenters. The van der Waals surface area contributed by atoms with Crippen molar-refractivity contribution in [3.8, 4) is 6.07 Å². The molecule has 1 aromatic carbocycles. The van der Waals surface area contributed by atoms with E-state index in [9.17, 15) is 4.79 Å². The molecule has 0 saturated heterocycles. The van der Waals surface area contributed by atoms with Crippen LogP contribution in [0.4, 0.5) is 0 Å². The molecule has 1 aliphatic carbocycles. The van der Waals surface area contributed by atoms with Crippen molar-refractivity contribution in [2.24, 2.45) is 0 Å². The van der Waals surface area contributed by atoms with E-state index in [1.807, 2.05) is 18.0 Å². The van der Waals surface area contributed by atoms with Gasteiger partial charge in [-0.15, -0.1) is 0 Å². The molecule has 1 saturated carbocycles. The molecular formula is C15H18BrN3O. The summed E-state index contributed by atoms with van der Waals surface area (Å²) in [6.45, 7) is 1.28. The fraction of sp³-hybridized carbons (Fsp3) is 0.467. The van der Waals surface area contributed by atoms with Crippen LogP contribution < -0.4 is 5.32 Å². The molecule has 106 valence electrons.